The SMILES string of the molecule is CCC1CCN(c2nccc(C)c2CN)C1. The Morgan fingerprint density at radius 1 is 1.56 bits per heavy atom. The fourth-order valence-electron chi connectivity index (χ4n) is 2.46. The minimum atomic E-state index is 0.586. The highest BCUT2D eigenvalue weighted by atomic mass is 15.2. The molecule has 0 spiro atoms. The number of nitrogens with zero attached hydrogens (tertiary/aromatic N) is 2. The van der Waals surface area contributed by atoms with E-state index >= 15 is 0 Å². The summed E-state index contributed by atoms with van der Waals surface area (Å²) in [5.41, 5.74) is 8.28. The third-order valence-electron chi connectivity index (χ3n) is 3.63. The van der Waals surface area contributed by atoms with E-state index in [1.165, 1.54) is 24.0 Å². The molecule has 0 amide bonds. The molecule has 2 rings (SSSR count). The Labute approximate surface area is 97.7 Å². The number of aryl methyl sites for hydroxylation is 1. The molecule has 1 aliphatic heterocycles. The van der Waals surface area contributed by atoms with E-state index in [2.05, 4.69) is 23.7 Å². The van der Waals surface area contributed by atoms with Crippen molar-refractivity contribution in [2.75, 3.05) is 18.0 Å². The van der Waals surface area contributed by atoms with Crippen molar-refractivity contribution >= 4 is 5.82 Å². The van der Waals surface area contributed by atoms with Gasteiger partial charge >= 0.3 is 0 Å². The lowest BCUT2D eigenvalue weighted by atomic mass is 10.1. The molecule has 0 bridgehead atoms. The highest BCUT2D eigenvalue weighted by Crippen LogP contribution is 2.27. The predicted octanol–water partition coefficient (Wildman–Crippen LogP) is 2.09. The van der Waals surface area contributed by atoms with Crippen molar-refractivity contribution in [2.45, 2.75) is 33.2 Å². The Hall–Kier alpha value is -1.09. The minimum Gasteiger partial charge on any atom is -0.356 e. The monoisotopic (exact) mass is 219 g/mol. The Balaban J connectivity index is 2.24. The fourth-order valence-corrected chi connectivity index (χ4v) is 2.46. The van der Waals surface area contributed by atoms with Crippen molar-refractivity contribution in [3.63, 3.8) is 0 Å². The number of anilines is 1. The van der Waals surface area contributed by atoms with Gasteiger partial charge in [-0.2, -0.15) is 0 Å². The van der Waals surface area contributed by atoms with Gasteiger partial charge in [0.05, 0.1) is 0 Å². The summed E-state index contributed by atoms with van der Waals surface area (Å²) in [6.45, 7) is 7.23. The molecule has 0 radical (unpaired) electrons. The summed E-state index contributed by atoms with van der Waals surface area (Å²) >= 11 is 0. The minimum absolute atomic E-state index is 0.586. The van der Waals surface area contributed by atoms with Gasteiger partial charge in [0.2, 0.25) is 0 Å². The maximum Gasteiger partial charge on any atom is 0.133 e. The lowest BCUT2D eigenvalue weighted by molar-refractivity contribution is 0.568. The molecular formula is C13H21N3. The molecule has 2 heterocycles. The molecule has 0 aromatic carbocycles. The van der Waals surface area contributed by atoms with Gasteiger partial charge in [0, 0.05) is 31.4 Å². The van der Waals surface area contributed by atoms with Crippen LogP contribution < -0.4 is 10.6 Å². The topological polar surface area (TPSA) is 42.2 Å². The van der Waals surface area contributed by atoms with E-state index in [9.17, 15) is 0 Å². The molecule has 1 atom stereocenters. The number of rotatable bonds is 3. The normalized spacial score (nSPS) is 20.4. The molecule has 0 aliphatic carbocycles. The van der Waals surface area contributed by atoms with Crippen LogP contribution in [0.4, 0.5) is 5.82 Å². The van der Waals surface area contributed by atoms with Crippen LogP contribution >= 0.6 is 0 Å². The van der Waals surface area contributed by atoms with Crippen LogP contribution in [-0.4, -0.2) is 18.1 Å². The third-order valence-corrected chi connectivity index (χ3v) is 3.63. The molecule has 16 heavy (non-hydrogen) atoms. The molecule has 3 nitrogen and oxygen atoms in total. The van der Waals surface area contributed by atoms with Crippen molar-refractivity contribution in [1.29, 1.82) is 0 Å². The summed E-state index contributed by atoms with van der Waals surface area (Å²) in [5, 5.41) is 0. The van der Waals surface area contributed by atoms with Crippen LogP contribution in [0.1, 0.15) is 30.9 Å². The van der Waals surface area contributed by atoms with Gasteiger partial charge in [-0.1, -0.05) is 13.3 Å². The number of nitrogens with two attached hydrogens (primary N) is 1. The summed E-state index contributed by atoms with van der Waals surface area (Å²) in [5.74, 6) is 1.94. The summed E-state index contributed by atoms with van der Waals surface area (Å²) in [4.78, 5) is 6.90. The molecule has 1 aromatic rings. The molecule has 3 heteroatoms. The Morgan fingerprint density at radius 2 is 2.38 bits per heavy atom. The molecule has 1 fully saturated rings. The standard InChI is InChI=1S/C13H21N3/c1-3-11-5-7-16(9-11)13-12(8-14)10(2)4-6-15-13/h4,6,11H,3,5,7-9,14H2,1-2H3. The molecule has 0 saturated carbocycles. The molecular weight excluding hydrogens is 198 g/mol. The molecule has 2 N–H and O–H groups in total. The lowest BCUT2D eigenvalue weighted by Gasteiger charge is -2.21. The van der Waals surface area contributed by atoms with Crippen molar-refractivity contribution in [1.82, 2.24) is 4.98 Å². The Morgan fingerprint density at radius 3 is 3.00 bits per heavy atom. The van der Waals surface area contributed by atoms with Gasteiger partial charge in [-0.05, 0) is 30.9 Å². The fraction of sp³-hybridized carbons (Fsp3) is 0.615. The van der Waals surface area contributed by atoms with E-state index in [-0.39, 0.29) is 0 Å². The summed E-state index contributed by atoms with van der Waals surface area (Å²) in [7, 11) is 0. The first-order chi connectivity index (χ1) is 7.76. The van der Waals surface area contributed by atoms with Crippen molar-refractivity contribution < 1.29 is 0 Å². The number of hydrogen-bond acceptors (Lipinski definition) is 3. The van der Waals surface area contributed by atoms with Crippen LogP contribution in [0.15, 0.2) is 12.3 Å². The highest BCUT2D eigenvalue weighted by molar-refractivity contribution is 5.51. The average Bonchev–Trinajstić information content (AvgIpc) is 2.77. The van der Waals surface area contributed by atoms with Gasteiger partial charge in [-0.25, -0.2) is 4.98 Å². The summed E-state index contributed by atoms with van der Waals surface area (Å²) < 4.78 is 0. The van der Waals surface area contributed by atoms with E-state index in [0.717, 1.165) is 24.8 Å². The second-order valence-electron chi connectivity index (χ2n) is 4.64. The van der Waals surface area contributed by atoms with E-state index in [1.807, 2.05) is 12.3 Å². The molecule has 1 aromatic heterocycles. The average molecular weight is 219 g/mol. The zero-order valence-electron chi connectivity index (χ0n) is 10.2. The van der Waals surface area contributed by atoms with Gasteiger partial charge in [0.1, 0.15) is 5.82 Å². The first-order valence-electron chi connectivity index (χ1n) is 6.15. The van der Waals surface area contributed by atoms with Crippen LogP contribution in [0.5, 0.6) is 0 Å². The lowest BCUT2D eigenvalue weighted by Crippen LogP contribution is -2.23. The second kappa shape index (κ2) is 4.83. The highest BCUT2D eigenvalue weighted by Gasteiger charge is 2.23. The second-order valence-corrected chi connectivity index (χ2v) is 4.64. The smallest absolute Gasteiger partial charge is 0.133 e. The number of aromatic nitrogens is 1. The van der Waals surface area contributed by atoms with E-state index < -0.39 is 0 Å². The van der Waals surface area contributed by atoms with Gasteiger partial charge in [0.15, 0.2) is 0 Å². The quantitative estimate of drug-likeness (QED) is 0.846. The maximum atomic E-state index is 5.82. The summed E-state index contributed by atoms with van der Waals surface area (Å²) in [6, 6.07) is 2.04. The first-order valence-corrected chi connectivity index (χ1v) is 6.15. The van der Waals surface area contributed by atoms with Crippen molar-refractivity contribution in [2.24, 2.45) is 11.7 Å². The zero-order valence-corrected chi connectivity index (χ0v) is 10.2. The largest absolute Gasteiger partial charge is 0.356 e. The van der Waals surface area contributed by atoms with Crippen LogP contribution in [0.25, 0.3) is 0 Å². The van der Waals surface area contributed by atoms with E-state index in [4.69, 9.17) is 5.73 Å². The molecule has 1 aliphatic rings. The first kappa shape index (κ1) is 11.4. The Kier molecular flexibility index (Phi) is 3.44. The van der Waals surface area contributed by atoms with Gasteiger partial charge in [-0.15, -0.1) is 0 Å². The molecule has 1 saturated heterocycles. The van der Waals surface area contributed by atoms with Crippen molar-refractivity contribution in [3.05, 3.63) is 23.4 Å². The van der Waals surface area contributed by atoms with E-state index in [1.54, 1.807) is 0 Å². The van der Waals surface area contributed by atoms with Gasteiger partial charge < -0.3 is 10.6 Å². The predicted molar refractivity (Wildman–Crippen MR) is 67.5 cm³/mol. The maximum absolute atomic E-state index is 5.82. The van der Waals surface area contributed by atoms with Crippen LogP contribution in [0, 0.1) is 12.8 Å². The molecule has 88 valence electrons. The van der Waals surface area contributed by atoms with Crippen molar-refractivity contribution in [3.8, 4) is 0 Å². The van der Waals surface area contributed by atoms with Gasteiger partial charge in [-0.3, -0.25) is 0 Å². The Bertz CT molecular complexity index is 362. The van der Waals surface area contributed by atoms with Gasteiger partial charge in [0.25, 0.3) is 0 Å². The van der Waals surface area contributed by atoms with Crippen LogP contribution in [0.2, 0.25) is 0 Å². The van der Waals surface area contributed by atoms with E-state index in [0.29, 0.717) is 6.54 Å². The molecule has 1 unspecified atom stereocenters. The third kappa shape index (κ3) is 2.05. The van der Waals surface area contributed by atoms with Crippen LogP contribution in [0.3, 0.4) is 0 Å². The van der Waals surface area contributed by atoms with Crippen LogP contribution in [-0.2, 0) is 6.54 Å². The zero-order chi connectivity index (χ0) is 11.5. The number of hydrogen-bond donors (Lipinski definition) is 1. The number of pyridine rings is 1. The summed E-state index contributed by atoms with van der Waals surface area (Å²) in [6.07, 6.45) is 4.44.